The van der Waals surface area contributed by atoms with E-state index >= 15 is 0 Å². The summed E-state index contributed by atoms with van der Waals surface area (Å²) < 4.78 is 17.1. The van der Waals surface area contributed by atoms with Gasteiger partial charge in [0.1, 0.15) is 18.0 Å². The highest BCUT2D eigenvalue weighted by Gasteiger charge is 2.23. The van der Waals surface area contributed by atoms with Gasteiger partial charge in [0.2, 0.25) is 0 Å². The SMILES string of the molecule is COC(=O)CN(Cc1cc(OC)cc(OC)c1)C(=O)c1cc(C)n(-c2ccccc2)n1. The van der Waals surface area contributed by atoms with Crippen molar-refractivity contribution in [2.45, 2.75) is 13.5 Å². The summed E-state index contributed by atoms with van der Waals surface area (Å²) in [6.07, 6.45) is 0. The van der Waals surface area contributed by atoms with E-state index in [4.69, 9.17) is 14.2 Å². The van der Waals surface area contributed by atoms with E-state index in [-0.39, 0.29) is 24.7 Å². The zero-order chi connectivity index (χ0) is 22.4. The van der Waals surface area contributed by atoms with Crippen LogP contribution < -0.4 is 9.47 Å². The van der Waals surface area contributed by atoms with Crippen molar-refractivity contribution in [2.75, 3.05) is 27.9 Å². The molecule has 8 nitrogen and oxygen atoms in total. The Morgan fingerprint density at radius 2 is 1.61 bits per heavy atom. The number of para-hydroxylation sites is 1. The molecule has 31 heavy (non-hydrogen) atoms. The van der Waals surface area contributed by atoms with Crippen LogP contribution in [0.25, 0.3) is 5.69 Å². The molecular formula is C23H25N3O5. The van der Waals surface area contributed by atoms with Crippen LogP contribution in [-0.2, 0) is 16.1 Å². The molecule has 1 aromatic heterocycles. The Morgan fingerprint density at radius 3 is 2.19 bits per heavy atom. The third kappa shape index (κ3) is 5.22. The van der Waals surface area contributed by atoms with Crippen LogP contribution in [0.1, 0.15) is 21.7 Å². The molecule has 1 heterocycles. The van der Waals surface area contributed by atoms with Crippen molar-refractivity contribution in [2.24, 2.45) is 0 Å². The van der Waals surface area contributed by atoms with Gasteiger partial charge in [0.05, 0.1) is 27.0 Å². The third-order valence-corrected chi connectivity index (χ3v) is 4.73. The van der Waals surface area contributed by atoms with E-state index in [9.17, 15) is 9.59 Å². The maximum Gasteiger partial charge on any atom is 0.325 e. The Labute approximate surface area is 180 Å². The summed E-state index contributed by atoms with van der Waals surface area (Å²) in [4.78, 5) is 26.7. The molecule has 1 amide bonds. The smallest absolute Gasteiger partial charge is 0.325 e. The Hall–Kier alpha value is -3.81. The first kappa shape index (κ1) is 21.9. The van der Waals surface area contributed by atoms with Crippen LogP contribution in [0.4, 0.5) is 0 Å². The van der Waals surface area contributed by atoms with Gasteiger partial charge in [-0.25, -0.2) is 4.68 Å². The molecule has 0 bridgehead atoms. The monoisotopic (exact) mass is 423 g/mol. The molecule has 0 fully saturated rings. The fourth-order valence-corrected chi connectivity index (χ4v) is 3.17. The van der Waals surface area contributed by atoms with Gasteiger partial charge < -0.3 is 19.1 Å². The van der Waals surface area contributed by atoms with E-state index in [2.05, 4.69) is 5.10 Å². The van der Waals surface area contributed by atoms with Crippen molar-refractivity contribution in [1.82, 2.24) is 14.7 Å². The molecule has 0 atom stereocenters. The van der Waals surface area contributed by atoms with E-state index in [0.29, 0.717) is 11.5 Å². The average molecular weight is 423 g/mol. The highest BCUT2D eigenvalue weighted by atomic mass is 16.5. The largest absolute Gasteiger partial charge is 0.497 e. The molecule has 162 valence electrons. The van der Waals surface area contributed by atoms with Crippen LogP contribution in [0.15, 0.2) is 54.6 Å². The summed E-state index contributed by atoms with van der Waals surface area (Å²) in [7, 11) is 4.39. The quantitative estimate of drug-likeness (QED) is 0.518. The van der Waals surface area contributed by atoms with Gasteiger partial charge in [-0.15, -0.1) is 0 Å². The van der Waals surface area contributed by atoms with Gasteiger partial charge in [-0.2, -0.15) is 5.10 Å². The lowest BCUT2D eigenvalue weighted by Gasteiger charge is -2.21. The maximum atomic E-state index is 13.3. The van der Waals surface area contributed by atoms with Crippen LogP contribution in [-0.4, -0.2) is 54.4 Å². The summed E-state index contributed by atoms with van der Waals surface area (Å²) in [6, 6.07) is 16.5. The molecule has 0 unspecified atom stereocenters. The summed E-state index contributed by atoms with van der Waals surface area (Å²) in [5, 5.41) is 4.47. The van der Waals surface area contributed by atoms with Gasteiger partial charge in [-0.05, 0) is 42.8 Å². The molecular weight excluding hydrogens is 398 g/mol. The number of amides is 1. The van der Waals surface area contributed by atoms with Crippen LogP contribution in [0.3, 0.4) is 0 Å². The fourth-order valence-electron chi connectivity index (χ4n) is 3.17. The molecule has 0 aliphatic carbocycles. The predicted octanol–water partition coefficient (Wildman–Crippen LogP) is 3.01. The lowest BCUT2D eigenvalue weighted by Crippen LogP contribution is -2.36. The lowest BCUT2D eigenvalue weighted by atomic mass is 10.1. The van der Waals surface area contributed by atoms with E-state index in [0.717, 1.165) is 16.9 Å². The van der Waals surface area contributed by atoms with E-state index in [1.54, 1.807) is 43.2 Å². The number of ether oxygens (including phenoxy) is 3. The Morgan fingerprint density at radius 1 is 0.968 bits per heavy atom. The normalized spacial score (nSPS) is 10.5. The number of hydrogen-bond donors (Lipinski definition) is 0. The second kappa shape index (κ2) is 9.80. The molecule has 0 aliphatic heterocycles. The minimum atomic E-state index is -0.526. The second-order valence-corrected chi connectivity index (χ2v) is 6.88. The Kier molecular flexibility index (Phi) is 6.92. The molecule has 0 saturated carbocycles. The van der Waals surface area contributed by atoms with Crippen molar-refractivity contribution in [3.05, 3.63) is 71.5 Å². The van der Waals surface area contributed by atoms with Gasteiger partial charge in [-0.1, -0.05) is 18.2 Å². The first-order chi connectivity index (χ1) is 14.9. The molecule has 2 aromatic carbocycles. The number of rotatable bonds is 8. The molecule has 3 aromatic rings. The molecule has 0 aliphatic rings. The Balaban J connectivity index is 1.92. The van der Waals surface area contributed by atoms with Gasteiger partial charge in [0, 0.05) is 18.3 Å². The zero-order valence-electron chi connectivity index (χ0n) is 18.0. The van der Waals surface area contributed by atoms with E-state index in [1.165, 1.54) is 12.0 Å². The van der Waals surface area contributed by atoms with Crippen molar-refractivity contribution in [1.29, 1.82) is 0 Å². The maximum absolute atomic E-state index is 13.3. The van der Waals surface area contributed by atoms with Crippen molar-refractivity contribution in [3.63, 3.8) is 0 Å². The molecule has 8 heteroatoms. The van der Waals surface area contributed by atoms with Crippen molar-refractivity contribution in [3.8, 4) is 17.2 Å². The summed E-state index contributed by atoms with van der Waals surface area (Å²) in [5.74, 6) is 0.264. The number of benzene rings is 2. The minimum Gasteiger partial charge on any atom is -0.497 e. The standard InChI is InChI=1S/C23H25N3O5/c1-16-10-21(24-26(16)18-8-6-5-7-9-18)23(28)25(15-22(27)31-4)14-17-11-19(29-2)13-20(12-17)30-3/h5-13H,14-15H2,1-4H3. The number of aryl methyl sites for hydroxylation is 1. The number of nitrogens with zero attached hydrogens (tertiary/aromatic N) is 3. The fraction of sp³-hybridized carbons (Fsp3) is 0.261. The topological polar surface area (TPSA) is 82.9 Å². The first-order valence-electron chi connectivity index (χ1n) is 9.65. The van der Waals surface area contributed by atoms with E-state index in [1.807, 2.05) is 37.3 Å². The number of hydrogen-bond acceptors (Lipinski definition) is 6. The number of methoxy groups -OCH3 is 3. The highest BCUT2D eigenvalue weighted by molar-refractivity contribution is 5.94. The van der Waals surface area contributed by atoms with Crippen molar-refractivity contribution < 1.29 is 23.8 Å². The van der Waals surface area contributed by atoms with Crippen molar-refractivity contribution >= 4 is 11.9 Å². The summed E-state index contributed by atoms with van der Waals surface area (Å²) in [5.41, 5.74) is 2.62. The van der Waals surface area contributed by atoms with Gasteiger partial charge in [0.25, 0.3) is 5.91 Å². The molecule has 0 radical (unpaired) electrons. The summed E-state index contributed by atoms with van der Waals surface area (Å²) in [6.45, 7) is 1.80. The molecule has 0 N–H and O–H groups in total. The highest BCUT2D eigenvalue weighted by Crippen LogP contribution is 2.24. The van der Waals surface area contributed by atoms with Gasteiger partial charge in [0.15, 0.2) is 5.69 Å². The van der Waals surface area contributed by atoms with Gasteiger partial charge in [-0.3, -0.25) is 9.59 Å². The molecule has 3 rings (SSSR count). The number of carbonyl (C=O) groups excluding carboxylic acids is 2. The average Bonchev–Trinajstić information content (AvgIpc) is 3.19. The zero-order valence-corrected chi connectivity index (χ0v) is 18.0. The summed E-state index contributed by atoms with van der Waals surface area (Å²) >= 11 is 0. The third-order valence-electron chi connectivity index (χ3n) is 4.73. The first-order valence-corrected chi connectivity index (χ1v) is 9.65. The minimum absolute atomic E-state index is 0.152. The van der Waals surface area contributed by atoms with Crippen LogP contribution in [0, 0.1) is 6.92 Å². The number of esters is 1. The van der Waals surface area contributed by atoms with Gasteiger partial charge >= 0.3 is 5.97 Å². The number of carbonyl (C=O) groups is 2. The van der Waals surface area contributed by atoms with Crippen LogP contribution in [0.5, 0.6) is 11.5 Å². The predicted molar refractivity (Wildman–Crippen MR) is 115 cm³/mol. The van der Waals surface area contributed by atoms with Crippen LogP contribution in [0.2, 0.25) is 0 Å². The Bertz CT molecular complexity index is 1040. The lowest BCUT2D eigenvalue weighted by molar-refractivity contribution is -0.141. The molecule has 0 saturated heterocycles. The molecule has 0 spiro atoms. The van der Waals surface area contributed by atoms with Crippen LogP contribution >= 0.6 is 0 Å². The second-order valence-electron chi connectivity index (χ2n) is 6.88. The van der Waals surface area contributed by atoms with E-state index < -0.39 is 5.97 Å². The number of aromatic nitrogens is 2.